The Morgan fingerprint density at radius 3 is 2.75 bits per heavy atom. The summed E-state index contributed by atoms with van der Waals surface area (Å²) in [6, 6.07) is 0.585. The molecule has 0 saturated heterocycles. The predicted octanol–water partition coefficient (Wildman–Crippen LogP) is 3.75. The van der Waals surface area contributed by atoms with E-state index in [-0.39, 0.29) is 0 Å². The molecule has 0 bridgehead atoms. The molecule has 1 aliphatic rings. The summed E-state index contributed by atoms with van der Waals surface area (Å²) in [5, 5.41) is 6.88. The van der Waals surface area contributed by atoms with Crippen LogP contribution in [0, 0.1) is 13.8 Å². The van der Waals surface area contributed by atoms with Crippen LogP contribution < -0.4 is 5.32 Å². The Labute approximate surface area is 124 Å². The van der Waals surface area contributed by atoms with E-state index in [1.807, 2.05) is 0 Å². The molecule has 2 heterocycles. The van der Waals surface area contributed by atoms with E-state index in [9.17, 15) is 0 Å². The standard InChI is InChI=1S/C15H22N4S/c1-11-8-19(9-14-10-20-12(2)17-14)15(16-11)18-13-6-4-3-5-7-13/h8,10,13H,3-7,9H2,1-2H3,(H,16,18). The summed E-state index contributed by atoms with van der Waals surface area (Å²) in [6.45, 7) is 4.91. The molecule has 0 atom stereocenters. The van der Waals surface area contributed by atoms with Gasteiger partial charge in [0, 0.05) is 17.6 Å². The molecule has 1 N–H and O–H groups in total. The van der Waals surface area contributed by atoms with Crippen LogP contribution in [0.15, 0.2) is 11.6 Å². The van der Waals surface area contributed by atoms with Crippen molar-refractivity contribution in [1.29, 1.82) is 0 Å². The Morgan fingerprint density at radius 1 is 1.25 bits per heavy atom. The molecule has 2 aromatic heterocycles. The highest BCUT2D eigenvalue weighted by Gasteiger charge is 2.16. The molecule has 0 aliphatic heterocycles. The lowest BCUT2D eigenvalue weighted by Gasteiger charge is -2.23. The van der Waals surface area contributed by atoms with Crippen LogP contribution in [0.25, 0.3) is 0 Å². The number of nitrogens with zero attached hydrogens (tertiary/aromatic N) is 3. The SMILES string of the molecule is Cc1cn(Cc2csc(C)n2)c(NC2CCCCC2)n1. The molecular formula is C15H22N4S. The van der Waals surface area contributed by atoms with E-state index in [0.717, 1.165) is 28.9 Å². The van der Waals surface area contributed by atoms with Gasteiger partial charge in [0.15, 0.2) is 0 Å². The highest BCUT2D eigenvalue weighted by molar-refractivity contribution is 7.09. The first-order chi connectivity index (χ1) is 9.70. The van der Waals surface area contributed by atoms with Gasteiger partial charge >= 0.3 is 0 Å². The van der Waals surface area contributed by atoms with Crippen LogP contribution in [0.5, 0.6) is 0 Å². The Balaban J connectivity index is 1.73. The van der Waals surface area contributed by atoms with Gasteiger partial charge in [0.1, 0.15) is 0 Å². The highest BCUT2D eigenvalue weighted by Crippen LogP contribution is 2.22. The van der Waals surface area contributed by atoms with Crippen molar-refractivity contribution in [1.82, 2.24) is 14.5 Å². The molecule has 1 aliphatic carbocycles. The summed E-state index contributed by atoms with van der Waals surface area (Å²) in [7, 11) is 0. The van der Waals surface area contributed by atoms with E-state index in [1.54, 1.807) is 11.3 Å². The molecule has 0 amide bonds. The average Bonchev–Trinajstić information content (AvgIpc) is 2.98. The first-order valence-corrected chi connectivity index (χ1v) is 8.30. The Bertz CT molecular complexity index is 566. The zero-order chi connectivity index (χ0) is 13.9. The first kappa shape index (κ1) is 13.6. The minimum absolute atomic E-state index is 0.585. The second kappa shape index (κ2) is 5.95. The third-order valence-corrected chi connectivity index (χ3v) is 4.66. The molecule has 5 heteroatoms. The maximum Gasteiger partial charge on any atom is 0.203 e. The van der Waals surface area contributed by atoms with Gasteiger partial charge in [-0.1, -0.05) is 19.3 Å². The fourth-order valence-electron chi connectivity index (χ4n) is 2.87. The summed E-state index contributed by atoms with van der Waals surface area (Å²) >= 11 is 1.71. The van der Waals surface area contributed by atoms with Gasteiger partial charge in [-0.15, -0.1) is 11.3 Å². The van der Waals surface area contributed by atoms with Crippen molar-refractivity contribution in [3.8, 4) is 0 Å². The van der Waals surface area contributed by atoms with Crippen LogP contribution in [0.4, 0.5) is 5.95 Å². The van der Waals surface area contributed by atoms with Crippen LogP contribution in [-0.4, -0.2) is 20.6 Å². The minimum Gasteiger partial charge on any atom is -0.353 e. The molecule has 0 aromatic carbocycles. The molecule has 108 valence electrons. The zero-order valence-electron chi connectivity index (χ0n) is 12.2. The third-order valence-electron chi connectivity index (χ3n) is 3.83. The molecule has 20 heavy (non-hydrogen) atoms. The number of hydrogen-bond acceptors (Lipinski definition) is 4. The summed E-state index contributed by atoms with van der Waals surface area (Å²) in [4.78, 5) is 9.18. The van der Waals surface area contributed by atoms with Crippen LogP contribution >= 0.6 is 11.3 Å². The number of aryl methyl sites for hydroxylation is 2. The molecule has 1 fully saturated rings. The van der Waals surface area contributed by atoms with Crippen molar-refractivity contribution in [2.45, 2.75) is 58.5 Å². The lowest BCUT2D eigenvalue weighted by atomic mass is 9.96. The number of hydrogen-bond donors (Lipinski definition) is 1. The molecule has 0 unspecified atom stereocenters. The number of aromatic nitrogens is 3. The number of thiazole rings is 1. The fourth-order valence-corrected chi connectivity index (χ4v) is 3.47. The van der Waals surface area contributed by atoms with Gasteiger partial charge in [-0.3, -0.25) is 0 Å². The molecule has 2 aromatic rings. The minimum atomic E-state index is 0.585. The normalized spacial score (nSPS) is 16.5. The summed E-state index contributed by atoms with van der Waals surface area (Å²) in [5.41, 5.74) is 2.19. The number of imidazole rings is 1. The average molecular weight is 290 g/mol. The predicted molar refractivity (Wildman–Crippen MR) is 83.4 cm³/mol. The monoisotopic (exact) mass is 290 g/mol. The summed E-state index contributed by atoms with van der Waals surface area (Å²) in [6.07, 6.45) is 8.69. The van der Waals surface area contributed by atoms with Crippen molar-refractivity contribution in [2.75, 3.05) is 5.32 Å². The molecule has 4 nitrogen and oxygen atoms in total. The molecule has 0 radical (unpaired) electrons. The number of anilines is 1. The maximum atomic E-state index is 4.64. The quantitative estimate of drug-likeness (QED) is 0.932. The smallest absolute Gasteiger partial charge is 0.203 e. The Kier molecular flexibility index (Phi) is 4.05. The van der Waals surface area contributed by atoms with Crippen LogP contribution in [0.2, 0.25) is 0 Å². The van der Waals surface area contributed by atoms with Gasteiger partial charge in [0.25, 0.3) is 0 Å². The van der Waals surface area contributed by atoms with E-state index in [2.05, 4.69) is 45.3 Å². The van der Waals surface area contributed by atoms with Gasteiger partial charge in [-0.2, -0.15) is 0 Å². The topological polar surface area (TPSA) is 42.7 Å². The maximum absolute atomic E-state index is 4.64. The van der Waals surface area contributed by atoms with Crippen molar-refractivity contribution in [3.05, 3.63) is 28.0 Å². The molecule has 1 saturated carbocycles. The van der Waals surface area contributed by atoms with E-state index in [0.29, 0.717) is 6.04 Å². The lowest BCUT2D eigenvalue weighted by Crippen LogP contribution is -2.24. The van der Waals surface area contributed by atoms with Gasteiger partial charge in [0.05, 0.1) is 22.9 Å². The third kappa shape index (κ3) is 3.20. The Morgan fingerprint density at radius 2 is 2.05 bits per heavy atom. The van der Waals surface area contributed by atoms with E-state index in [4.69, 9.17) is 0 Å². The highest BCUT2D eigenvalue weighted by atomic mass is 32.1. The van der Waals surface area contributed by atoms with Crippen molar-refractivity contribution in [3.63, 3.8) is 0 Å². The van der Waals surface area contributed by atoms with Crippen molar-refractivity contribution in [2.24, 2.45) is 0 Å². The second-order valence-corrected chi connectivity index (χ2v) is 6.73. The molecular weight excluding hydrogens is 268 g/mol. The van der Waals surface area contributed by atoms with E-state index >= 15 is 0 Å². The first-order valence-electron chi connectivity index (χ1n) is 7.42. The van der Waals surface area contributed by atoms with E-state index < -0.39 is 0 Å². The molecule has 3 rings (SSSR count). The lowest BCUT2D eigenvalue weighted by molar-refractivity contribution is 0.459. The fraction of sp³-hybridized carbons (Fsp3) is 0.600. The largest absolute Gasteiger partial charge is 0.353 e. The summed E-state index contributed by atoms with van der Waals surface area (Å²) < 4.78 is 2.19. The van der Waals surface area contributed by atoms with Gasteiger partial charge in [-0.25, -0.2) is 9.97 Å². The van der Waals surface area contributed by atoms with Crippen LogP contribution in [0.3, 0.4) is 0 Å². The van der Waals surface area contributed by atoms with Crippen LogP contribution in [0.1, 0.15) is 48.5 Å². The number of rotatable bonds is 4. The summed E-state index contributed by atoms with van der Waals surface area (Å²) in [5.74, 6) is 1.00. The number of nitrogens with one attached hydrogen (secondary N) is 1. The second-order valence-electron chi connectivity index (χ2n) is 5.67. The van der Waals surface area contributed by atoms with Gasteiger partial charge in [-0.05, 0) is 26.7 Å². The molecule has 0 spiro atoms. The Hall–Kier alpha value is -1.36. The van der Waals surface area contributed by atoms with Crippen LogP contribution in [-0.2, 0) is 6.54 Å². The van der Waals surface area contributed by atoms with Gasteiger partial charge in [0.2, 0.25) is 5.95 Å². The zero-order valence-corrected chi connectivity index (χ0v) is 13.0. The van der Waals surface area contributed by atoms with Crippen molar-refractivity contribution >= 4 is 17.3 Å². The van der Waals surface area contributed by atoms with Crippen molar-refractivity contribution < 1.29 is 0 Å². The van der Waals surface area contributed by atoms with Gasteiger partial charge < -0.3 is 9.88 Å². The van der Waals surface area contributed by atoms with E-state index in [1.165, 1.54) is 32.1 Å².